The van der Waals surface area contributed by atoms with Gasteiger partial charge in [0.15, 0.2) is 0 Å². The maximum Gasteiger partial charge on any atom is 0.248 e. The van der Waals surface area contributed by atoms with Gasteiger partial charge in [-0.1, -0.05) is 130 Å². The van der Waals surface area contributed by atoms with Crippen LogP contribution in [-0.2, 0) is 11.2 Å². The van der Waals surface area contributed by atoms with Crippen LogP contribution < -0.4 is 0 Å². The van der Waals surface area contributed by atoms with Gasteiger partial charge in [-0.3, -0.25) is 9.79 Å². The Hall–Kier alpha value is -3.20. The molecule has 1 atom stereocenters. The molecule has 2 saturated carbocycles. The van der Waals surface area contributed by atoms with Gasteiger partial charge in [0.1, 0.15) is 6.04 Å². The average Bonchev–Trinajstić information content (AvgIpc) is 2.98. The van der Waals surface area contributed by atoms with Gasteiger partial charge in [-0.05, 0) is 31.2 Å². The Morgan fingerprint density at radius 3 is 1.54 bits per heavy atom. The average molecular weight is 493 g/mol. The van der Waals surface area contributed by atoms with Gasteiger partial charge in [0, 0.05) is 29.6 Å². The molecule has 0 unspecified atom stereocenters. The van der Waals surface area contributed by atoms with Crippen molar-refractivity contribution in [2.45, 2.75) is 88.8 Å². The summed E-state index contributed by atoms with van der Waals surface area (Å²) in [5.41, 5.74) is 4.18. The fourth-order valence-electron chi connectivity index (χ4n) is 6.24. The molecule has 3 aromatic carbocycles. The normalized spacial score (nSPS) is 17.6. The summed E-state index contributed by atoms with van der Waals surface area (Å²) in [5.74, 6) is 0.229. The first-order valence-electron chi connectivity index (χ1n) is 14.3. The smallest absolute Gasteiger partial charge is 0.248 e. The lowest BCUT2D eigenvalue weighted by atomic mass is 9.87. The van der Waals surface area contributed by atoms with Gasteiger partial charge in [0.05, 0.1) is 5.71 Å². The third-order valence-electron chi connectivity index (χ3n) is 8.13. The van der Waals surface area contributed by atoms with Crippen molar-refractivity contribution < 1.29 is 4.79 Å². The highest BCUT2D eigenvalue weighted by molar-refractivity contribution is 6.13. The van der Waals surface area contributed by atoms with Crippen LogP contribution in [0.3, 0.4) is 0 Å². The van der Waals surface area contributed by atoms with E-state index in [-0.39, 0.29) is 5.91 Å². The van der Waals surface area contributed by atoms with Crippen molar-refractivity contribution in [2.24, 2.45) is 4.99 Å². The van der Waals surface area contributed by atoms with E-state index in [2.05, 4.69) is 77.7 Å². The second-order valence-electron chi connectivity index (χ2n) is 10.7. The molecule has 0 spiro atoms. The van der Waals surface area contributed by atoms with Gasteiger partial charge >= 0.3 is 0 Å². The number of hydrogen-bond donors (Lipinski definition) is 0. The summed E-state index contributed by atoms with van der Waals surface area (Å²) < 4.78 is 0. The van der Waals surface area contributed by atoms with Crippen molar-refractivity contribution in [2.75, 3.05) is 0 Å². The van der Waals surface area contributed by atoms with Crippen molar-refractivity contribution in [3.05, 3.63) is 108 Å². The topological polar surface area (TPSA) is 32.7 Å². The van der Waals surface area contributed by atoms with Crippen LogP contribution in [0.15, 0.2) is 96.0 Å². The number of carbonyl (C=O) groups excluding carboxylic acids is 1. The van der Waals surface area contributed by atoms with Crippen LogP contribution in [-0.4, -0.2) is 34.6 Å². The Bertz CT molecular complexity index is 1070. The van der Waals surface area contributed by atoms with Crippen LogP contribution in [0, 0.1) is 0 Å². The van der Waals surface area contributed by atoms with Crippen molar-refractivity contribution in [1.82, 2.24) is 4.90 Å². The molecular formula is C34H40N2O. The monoisotopic (exact) mass is 492 g/mol. The maximum absolute atomic E-state index is 14.7. The Kier molecular flexibility index (Phi) is 8.84. The van der Waals surface area contributed by atoms with E-state index in [1.165, 1.54) is 38.5 Å². The van der Waals surface area contributed by atoms with Gasteiger partial charge in [-0.2, -0.15) is 0 Å². The molecule has 0 bridgehead atoms. The van der Waals surface area contributed by atoms with Crippen LogP contribution in [0.4, 0.5) is 0 Å². The summed E-state index contributed by atoms with van der Waals surface area (Å²) in [6.07, 6.45) is 12.7. The number of amides is 1. The third kappa shape index (κ3) is 6.57. The zero-order chi connectivity index (χ0) is 25.3. The standard InChI is InChI=1S/C34H40N2O/c37-34(36(30-22-12-4-13-23-30)31-24-14-5-15-25-31)32(26-27-16-6-1-7-17-27)35-33(28-18-8-2-9-19-28)29-20-10-3-11-21-29/h1-3,6-11,16-21,30-32H,4-5,12-15,22-26H2/t32-/m0/s1. The van der Waals surface area contributed by atoms with E-state index < -0.39 is 6.04 Å². The number of hydrogen-bond acceptors (Lipinski definition) is 2. The lowest BCUT2D eigenvalue weighted by Gasteiger charge is -2.43. The van der Waals surface area contributed by atoms with Gasteiger partial charge in [-0.15, -0.1) is 0 Å². The van der Waals surface area contributed by atoms with Crippen molar-refractivity contribution in [3.8, 4) is 0 Å². The molecule has 37 heavy (non-hydrogen) atoms. The molecule has 192 valence electrons. The highest BCUT2D eigenvalue weighted by Gasteiger charge is 2.36. The fraction of sp³-hybridized carbons (Fsp3) is 0.412. The molecule has 2 aliphatic carbocycles. The first kappa shape index (κ1) is 25.4. The first-order valence-corrected chi connectivity index (χ1v) is 14.3. The predicted octanol–water partition coefficient (Wildman–Crippen LogP) is 7.63. The zero-order valence-electron chi connectivity index (χ0n) is 22.0. The second-order valence-corrected chi connectivity index (χ2v) is 10.7. The zero-order valence-corrected chi connectivity index (χ0v) is 22.0. The lowest BCUT2D eigenvalue weighted by Crippen LogP contribution is -2.52. The number of carbonyl (C=O) groups is 1. The molecule has 1 amide bonds. The molecule has 2 fully saturated rings. The lowest BCUT2D eigenvalue weighted by molar-refractivity contribution is -0.139. The predicted molar refractivity (Wildman–Crippen MR) is 153 cm³/mol. The fourth-order valence-corrected chi connectivity index (χ4v) is 6.24. The molecule has 0 heterocycles. The summed E-state index contributed by atoms with van der Waals surface area (Å²) in [6.45, 7) is 0. The third-order valence-corrected chi connectivity index (χ3v) is 8.13. The largest absolute Gasteiger partial charge is 0.335 e. The summed E-state index contributed by atoms with van der Waals surface area (Å²) >= 11 is 0. The Balaban J connectivity index is 1.57. The SMILES string of the molecule is O=C([C@H](Cc1ccccc1)N=C(c1ccccc1)c1ccccc1)N(C1CCCCC1)C1CCCCC1. The minimum atomic E-state index is -0.443. The Morgan fingerprint density at radius 2 is 1.08 bits per heavy atom. The van der Waals surface area contributed by atoms with Crippen LogP contribution >= 0.6 is 0 Å². The number of nitrogens with zero attached hydrogens (tertiary/aromatic N) is 2. The molecule has 2 aliphatic rings. The molecule has 0 saturated heterocycles. The van der Waals surface area contributed by atoms with Gasteiger partial charge in [0.25, 0.3) is 0 Å². The molecule has 5 rings (SSSR count). The first-order chi connectivity index (χ1) is 18.3. The van der Waals surface area contributed by atoms with Gasteiger partial charge in [-0.25, -0.2) is 0 Å². The molecule has 0 aromatic heterocycles. The van der Waals surface area contributed by atoms with Crippen LogP contribution in [0.25, 0.3) is 0 Å². The van der Waals surface area contributed by atoms with E-state index >= 15 is 0 Å². The molecule has 3 nitrogen and oxygen atoms in total. The van der Waals surface area contributed by atoms with Crippen LogP contribution in [0.5, 0.6) is 0 Å². The maximum atomic E-state index is 14.7. The van der Waals surface area contributed by atoms with Crippen molar-refractivity contribution in [1.29, 1.82) is 0 Å². The van der Waals surface area contributed by atoms with E-state index in [0.717, 1.165) is 48.1 Å². The second kappa shape index (κ2) is 12.9. The van der Waals surface area contributed by atoms with E-state index in [1.54, 1.807) is 0 Å². The quantitative estimate of drug-likeness (QED) is 0.298. The highest BCUT2D eigenvalue weighted by Crippen LogP contribution is 2.32. The highest BCUT2D eigenvalue weighted by atomic mass is 16.2. The Morgan fingerprint density at radius 1 is 0.649 bits per heavy atom. The summed E-state index contributed by atoms with van der Waals surface area (Å²) in [7, 11) is 0. The van der Waals surface area contributed by atoms with E-state index in [1.807, 2.05) is 18.2 Å². The van der Waals surface area contributed by atoms with E-state index in [4.69, 9.17) is 4.99 Å². The van der Waals surface area contributed by atoms with Gasteiger partial charge < -0.3 is 4.90 Å². The van der Waals surface area contributed by atoms with E-state index in [0.29, 0.717) is 18.5 Å². The van der Waals surface area contributed by atoms with Crippen molar-refractivity contribution in [3.63, 3.8) is 0 Å². The number of aliphatic imine (C=N–C) groups is 1. The van der Waals surface area contributed by atoms with Crippen LogP contribution in [0.2, 0.25) is 0 Å². The number of benzene rings is 3. The van der Waals surface area contributed by atoms with E-state index in [9.17, 15) is 4.79 Å². The minimum absolute atomic E-state index is 0.229. The minimum Gasteiger partial charge on any atom is -0.335 e. The number of rotatable bonds is 8. The molecule has 0 radical (unpaired) electrons. The van der Waals surface area contributed by atoms with Crippen molar-refractivity contribution >= 4 is 11.6 Å². The molecule has 3 aromatic rings. The molecule has 3 heteroatoms. The van der Waals surface area contributed by atoms with Gasteiger partial charge in [0.2, 0.25) is 5.91 Å². The summed E-state index contributed by atoms with van der Waals surface area (Å²) in [5, 5.41) is 0. The Labute approximate surface area is 222 Å². The summed E-state index contributed by atoms with van der Waals surface area (Å²) in [6, 6.07) is 31.4. The molecule has 0 N–H and O–H groups in total. The molecular weight excluding hydrogens is 452 g/mol. The molecule has 0 aliphatic heterocycles. The summed E-state index contributed by atoms with van der Waals surface area (Å²) in [4.78, 5) is 22.3. The van der Waals surface area contributed by atoms with Crippen LogP contribution in [0.1, 0.15) is 80.9 Å².